The molecule has 2 aromatic carbocycles. The van der Waals surface area contributed by atoms with Crippen molar-refractivity contribution in [1.29, 1.82) is 0 Å². The van der Waals surface area contributed by atoms with Gasteiger partial charge in [0.2, 0.25) is 0 Å². The maximum atomic E-state index is 11.9. The number of carbonyl (C=O) groups is 1. The van der Waals surface area contributed by atoms with Gasteiger partial charge in [0.25, 0.3) is 0 Å². The Labute approximate surface area is 252 Å². The van der Waals surface area contributed by atoms with Gasteiger partial charge in [-0.1, -0.05) is 40.2 Å². The van der Waals surface area contributed by atoms with Gasteiger partial charge in [-0.25, -0.2) is 9.78 Å². The molecule has 4 aliphatic rings. The highest BCUT2D eigenvalue weighted by Gasteiger charge is 2.47. The Balaban J connectivity index is 1.02. The number of fused-ring (bicyclic) bond motifs is 3. The summed E-state index contributed by atoms with van der Waals surface area (Å²) in [5, 5.41) is 15.9. The van der Waals surface area contributed by atoms with Crippen molar-refractivity contribution in [3.05, 3.63) is 63.4 Å². The topological polar surface area (TPSA) is 97.9 Å². The minimum absolute atomic E-state index is 0.160. The van der Waals surface area contributed by atoms with Crippen LogP contribution in [0.5, 0.6) is 0 Å². The Hall–Kier alpha value is -2.98. The Morgan fingerprint density at radius 3 is 2.81 bits per heavy atom. The summed E-state index contributed by atoms with van der Waals surface area (Å²) in [6.07, 6.45) is 5.31. The lowest BCUT2D eigenvalue weighted by molar-refractivity contribution is 0.0122. The molecule has 0 spiro atoms. The molecular formula is C32H32ClN3O5S. The van der Waals surface area contributed by atoms with Crippen molar-refractivity contribution < 1.29 is 23.9 Å². The van der Waals surface area contributed by atoms with Crippen LogP contribution in [-0.4, -0.2) is 53.1 Å². The maximum Gasteiger partial charge on any atom is 0.335 e. The molecule has 4 heterocycles. The molecule has 2 aromatic heterocycles. The summed E-state index contributed by atoms with van der Waals surface area (Å²) in [5.41, 5.74) is 6.10. The number of aromatic nitrogens is 2. The SMILES string of the molecule is Cc1cccc(Cl)c1-c1noc(C2CC2)c1CO[C@@H]1C[C@@H]2C[C@H]1CN2c1nc2c(C3CCOC3)cc(C(=O)O)cc2s1. The number of hydrogen-bond acceptors (Lipinski definition) is 8. The average molecular weight is 606 g/mol. The summed E-state index contributed by atoms with van der Waals surface area (Å²) in [6.45, 7) is 4.73. The Morgan fingerprint density at radius 2 is 2.10 bits per heavy atom. The first-order valence-corrected chi connectivity index (χ1v) is 16.0. The zero-order valence-electron chi connectivity index (χ0n) is 23.3. The van der Waals surface area contributed by atoms with Crippen LogP contribution in [0.3, 0.4) is 0 Å². The zero-order chi connectivity index (χ0) is 28.5. The van der Waals surface area contributed by atoms with E-state index in [2.05, 4.69) is 23.0 Å². The summed E-state index contributed by atoms with van der Waals surface area (Å²) >= 11 is 8.23. The molecule has 1 unspecified atom stereocenters. The summed E-state index contributed by atoms with van der Waals surface area (Å²) in [5.74, 6) is 1.07. The molecule has 2 aliphatic heterocycles. The molecule has 2 aliphatic carbocycles. The fraction of sp³-hybridized carbons (Fsp3) is 0.469. The summed E-state index contributed by atoms with van der Waals surface area (Å²) < 4.78 is 19.1. The number of rotatable bonds is 8. The first kappa shape index (κ1) is 26.6. The third kappa shape index (κ3) is 4.53. The van der Waals surface area contributed by atoms with E-state index in [9.17, 15) is 9.90 Å². The number of benzene rings is 2. The van der Waals surface area contributed by atoms with Crippen LogP contribution in [-0.2, 0) is 16.1 Å². The molecule has 8 rings (SSSR count). The number of anilines is 1. The first-order valence-electron chi connectivity index (χ1n) is 14.8. The molecular weight excluding hydrogens is 574 g/mol. The fourth-order valence-electron chi connectivity index (χ4n) is 7.17. The molecule has 2 saturated heterocycles. The van der Waals surface area contributed by atoms with Crippen LogP contribution in [0.1, 0.15) is 76.7 Å². The van der Waals surface area contributed by atoms with E-state index in [4.69, 9.17) is 30.6 Å². The van der Waals surface area contributed by atoms with E-state index < -0.39 is 5.97 Å². The third-order valence-corrected chi connectivity index (χ3v) is 10.9. The quantitative estimate of drug-likeness (QED) is 0.226. The van der Waals surface area contributed by atoms with E-state index in [-0.39, 0.29) is 12.0 Å². The normalized spacial score (nSPS) is 25.2. The standard InChI is InChI=1S/C32H32ClN3O5S/c1-16-3-2-4-24(33)27(16)29-23(30(41-35-29)17-5-6-17)15-40-25-12-21-9-20(25)13-36(21)32-34-28-22(18-7-8-39-14-18)10-19(31(37)38)11-26(28)42-32/h2-4,10-11,17-18,20-21,25H,5-9,12-15H2,1H3,(H,37,38)/t18?,20-,21-,25+/m0/s1. The highest BCUT2D eigenvalue weighted by Crippen LogP contribution is 2.48. The van der Waals surface area contributed by atoms with Crippen LogP contribution in [0.25, 0.3) is 21.5 Å². The molecule has 0 amide bonds. The number of ether oxygens (including phenoxy) is 2. The summed E-state index contributed by atoms with van der Waals surface area (Å²) in [4.78, 5) is 19.4. The van der Waals surface area contributed by atoms with Crippen molar-refractivity contribution in [2.75, 3.05) is 24.7 Å². The van der Waals surface area contributed by atoms with Crippen molar-refractivity contribution in [3.63, 3.8) is 0 Å². The molecule has 4 fully saturated rings. The van der Waals surface area contributed by atoms with E-state index in [0.717, 1.165) is 87.7 Å². The first-order chi connectivity index (χ1) is 20.4. The smallest absolute Gasteiger partial charge is 0.335 e. The number of aryl methyl sites for hydroxylation is 1. The van der Waals surface area contributed by atoms with Crippen molar-refractivity contribution in [2.45, 2.75) is 69.6 Å². The molecule has 1 N–H and O–H groups in total. The van der Waals surface area contributed by atoms with Crippen LogP contribution < -0.4 is 4.90 Å². The number of thiazole rings is 1. The number of carboxylic acid groups (broad SMARTS) is 1. The second-order valence-corrected chi connectivity index (χ2v) is 13.7. The van der Waals surface area contributed by atoms with Gasteiger partial charge in [-0.15, -0.1) is 0 Å². The average Bonchev–Trinajstić information content (AvgIpc) is 3.49. The van der Waals surface area contributed by atoms with E-state index in [1.807, 2.05) is 12.1 Å². The number of nitrogens with zero attached hydrogens (tertiary/aromatic N) is 3. The Kier molecular flexibility index (Phi) is 6.55. The van der Waals surface area contributed by atoms with Crippen molar-refractivity contribution in [2.24, 2.45) is 5.92 Å². The second-order valence-electron chi connectivity index (χ2n) is 12.2. The predicted molar refractivity (Wildman–Crippen MR) is 161 cm³/mol. The third-order valence-electron chi connectivity index (χ3n) is 9.52. The summed E-state index contributed by atoms with van der Waals surface area (Å²) in [6, 6.07) is 9.84. The predicted octanol–water partition coefficient (Wildman–Crippen LogP) is 7.18. The molecule has 42 heavy (non-hydrogen) atoms. The minimum atomic E-state index is -0.905. The number of piperidine rings is 1. The minimum Gasteiger partial charge on any atom is -0.478 e. The highest BCUT2D eigenvalue weighted by molar-refractivity contribution is 7.22. The molecule has 0 radical (unpaired) electrons. The van der Waals surface area contributed by atoms with Gasteiger partial charge in [-0.05, 0) is 68.4 Å². The largest absolute Gasteiger partial charge is 0.478 e. The lowest BCUT2D eigenvalue weighted by Crippen LogP contribution is -2.38. The van der Waals surface area contributed by atoms with Crippen LogP contribution in [0, 0.1) is 12.8 Å². The molecule has 8 nitrogen and oxygen atoms in total. The summed E-state index contributed by atoms with van der Waals surface area (Å²) in [7, 11) is 0. The molecule has 2 saturated carbocycles. The highest BCUT2D eigenvalue weighted by atomic mass is 35.5. The van der Waals surface area contributed by atoms with E-state index in [1.165, 1.54) is 0 Å². The lowest BCUT2D eigenvalue weighted by atomic mass is 9.95. The van der Waals surface area contributed by atoms with Crippen molar-refractivity contribution in [1.82, 2.24) is 10.1 Å². The number of carboxylic acids is 1. The van der Waals surface area contributed by atoms with Gasteiger partial charge in [0.05, 0.1) is 40.1 Å². The molecule has 218 valence electrons. The zero-order valence-corrected chi connectivity index (χ0v) is 24.9. The van der Waals surface area contributed by atoms with E-state index in [0.29, 0.717) is 48.3 Å². The molecule has 4 atom stereocenters. The van der Waals surface area contributed by atoms with Gasteiger partial charge in [0.1, 0.15) is 11.5 Å². The molecule has 2 bridgehead atoms. The number of hydrogen-bond donors (Lipinski definition) is 1. The number of halogens is 1. The van der Waals surface area contributed by atoms with Gasteiger partial charge in [0, 0.05) is 48.1 Å². The van der Waals surface area contributed by atoms with Gasteiger partial charge >= 0.3 is 5.97 Å². The van der Waals surface area contributed by atoms with Crippen molar-refractivity contribution in [3.8, 4) is 11.3 Å². The van der Waals surface area contributed by atoms with Crippen LogP contribution in [0.2, 0.25) is 5.02 Å². The van der Waals surface area contributed by atoms with Gasteiger partial charge < -0.3 is 24.0 Å². The van der Waals surface area contributed by atoms with Crippen LogP contribution >= 0.6 is 22.9 Å². The Bertz CT molecular complexity index is 1670. The van der Waals surface area contributed by atoms with E-state index in [1.54, 1.807) is 23.5 Å². The lowest BCUT2D eigenvalue weighted by Gasteiger charge is -2.31. The van der Waals surface area contributed by atoms with Crippen LogP contribution in [0.15, 0.2) is 34.9 Å². The second kappa shape index (κ2) is 10.3. The molecule has 10 heteroatoms. The van der Waals surface area contributed by atoms with Crippen LogP contribution in [0.4, 0.5) is 5.13 Å². The van der Waals surface area contributed by atoms with Gasteiger partial charge in [0.15, 0.2) is 5.13 Å². The van der Waals surface area contributed by atoms with Crippen molar-refractivity contribution >= 4 is 44.3 Å². The van der Waals surface area contributed by atoms with E-state index >= 15 is 0 Å². The van der Waals surface area contributed by atoms with Gasteiger partial charge in [-0.3, -0.25) is 0 Å². The fourth-order valence-corrected chi connectivity index (χ4v) is 8.60. The maximum absolute atomic E-state index is 11.9. The Morgan fingerprint density at radius 1 is 1.21 bits per heavy atom. The van der Waals surface area contributed by atoms with Gasteiger partial charge in [-0.2, -0.15) is 0 Å². The number of aromatic carboxylic acids is 1. The molecule has 4 aromatic rings. The monoisotopic (exact) mass is 605 g/mol.